The Morgan fingerprint density at radius 2 is 2.11 bits per heavy atom. The first-order valence-corrected chi connectivity index (χ1v) is 3.49. The molecule has 0 aromatic carbocycles. The van der Waals surface area contributed by atoms with E-state index in [1.54, 1.807) is 6.26 Å². The van der Waals surface area contributed by atoms with Crippen molar-refractivity contribution in [1.29, 1.82) is 0 Å². The molecule has 0 spiro atoms. The van der Waals surface area contributed by atoms with Gasteiger partial charge in [0, 0.05) is 29.6 Å². The Morgan fingerprint density at radius 3 is 2.11 bits per heavy atom. The minimum Gasteiger partial charge on any atom is -0.302 e. The van der Waals surface area contributed by atoms with Gasteiger partial charge in [-0.2, -0.15) is 0 Å². The number of rotatable bonds is 3. The topological polar surface area (TPSA) is 34.1 Å². The Labute approximate surface area is 81.1 Å². The predicted octanol–water partition coefficient (Wildman–Crippen LogP) is 0.125. The minimum atomic E-state index is -0.449. The summed E-state index contributed by atoms with van der Waals surface area (Å²) < 4.78 is 0. The fraction of sp³-hybridized carbons (Fsp3) is 0.600. The SMILES string of the molecule is CSC(C=O)C(C)=O.[Na]. The predicted molar refractivity (Wildman–Crippen MR) is 39.8 cm³/mol. The zero-order valence-corrected chi connectivity index (χ0v) is 8.70. The van der Waals surface area contributed by atoms with Gasteiger partial charge in [-0.05, 0) is 13.2 Å². The minimum absolute atomic E-state index is 0. The summed E-state index contributed by atoms with van der Waals surface area (Å²) in [5, 5.41) is -0.449. The van der Waals surface area contributed by atoms with Gasteiger partial charge in [0.2, 0.25) is 0 Å². The first-order chi connectivity index (χ1) is 3.72. The summed E-state index contributed by atoms with van der Waals surface area (Å²) in [4.78, 5) is 20.3. The normalized spacial score (nSPS) is 11.3. The van der Waals surface area contributed by atoms with Gasteiger partial charge >= 0.3 is 0 Å². The molecule has 0 N–H and O–H groups in total. The van der Waals surface area contributed by atoms with Crippen molar-refractivity contribution in [1.82, 2.24) is 0 Å². The van der Waals surface area contributed by atoms with Crippen LogP contribution in [0.25, 0.3) is 0 Å². The molecular formula is C5H8NaO2S. The molecule has 0 rings (SSSR count). The van der Waals surface area contributed by atoms with Gasteiger partial charge in [-0.3, -0.25) is 4.79 Å². The van der Waals surface area contributed by atoms with Crippen molar-refractivity contribution >= 4 is 53.4 Å². The van der Waals surface area contributed by atoms with Crippen LogP contribution < -0.4 is 0 Å². The van der Waals surface area contributed by atoms with Crippen LogP contribution in [0.1, 0.15) is 6.92 Å². The fourth-order valence-electron chi connectivity index (χ4n) is 0.317. The molecule has 2 nitrogen and oxygen atoms in total. The summed E-state index contributed by atoms with van der Waals surface area (Å²) in [5.74, 6) is -0.0764. The Morgan fingerprint density at radius 1 is 1.67 bits per heavy atom. The van der Waals surface area contributed by atoms with Gasteiger partial charge in [0.05, 0.1) is 0 Å². The maximum absolute atomic E-state index is 10.4. The Kier molecular flexibility index (Phi) is 9.36. The van der Waals surface area contributed by atoms with E-state index < -0.39 is 5.25 Å². The average Bonchev–Trinajstić information content (AvgIpc) is 1.69. The van der Waals surface area contributed by atoms with Gasteiger partial charge in [-0.25, -0.2) is 0 Å². The van der Waals surface area contributed by atoms with Crippen LogP contribution in [0.3, 0.4) is 0 Å². The van der Waals surface area contributed by atoms with Crippen molar-refractivity contribution in [3.63, 3.8) is 0 Å². The van der Waals surface area contributed by atoms with Crippen LogP contribution in [0.4, 0.5) is 0 Å². The number of carbonyl (C=O) groups excluding carboxylic acids is 2. The molecule has 0 saturated carbocycles. The molecule has 9 heavy (non-hydrogen) atoms. The van der Waals surface area contributed by atoms with E-state index >= 15 is 0 Å². The zero-order chi connectivity index (χ0) is 6.57. The van der Waals surface area contributed by atoms with Crippen LogP contribution in [0.5, 0.6) is 0 Å². The second-order valence-electron chi connectivity index (χ2n) is 1.40. The van der Waals surface area contributed by atoms with Crippen molar-refractivity contribution in [2.45, 2.75) is 12.2 Å². The third-order valence-corrected chi connectivity index (χ3v) is 1.73. The first kappa shape index (κ1) is 12.4. The molecule has 0 heterocycles. The van der Waals surface area contributed by atoms with Crippen molar-refractivity contribution in [2.24, 2.45) is 0 Å². The van der Waals surface area contributed by atoms with E-state index in [1.165, 1.54) is 18.7 Å². The van der Waals surface area contributed by atoms with Crippen LogP contribution in [0, 0.1) is 0 Å². The van der Waals surface area contributed by atoms with Crippen molar-refractivity contribution in [3.8, 4) is 0 Å². The Hall–Kier alpha value is 0.690. The van der Waals surface area contributed by atoms with Crippen molar-refractivity contribution in [3.05, 3.63) is 0 Å². The van der Waals surface area contributed by atoms with E-state index in [2.05, 4.69) is 0 Å². The van der Waals surface area contributed by atoms with Crippen LogP contribution in [-0.2, 0) is 9.59 Å². The molecule has 0 aromatic rings. The number of Topliss-reactive ketones (excluding diaryl/α,β-unsaturated/α-hetero) is 1. The molecule has 0 aromatic heterocycles. The summed E-state index contributed by atoms with van der Waals surface area (Å²) in [6, 6.07) is 0. The van der Waals surface area contributed by atoms with E-state index in [1.807, 2.05) is 0 Å². The third-order valence-electron chi connectivity index (χ3n) is 0.778. The van der Waals surface area contributed by atoms with E-state index in [9.17, 15) is 9.59 Å². The summed E-state index contributed by atoms with van der Waals surface area (Å²) in [5.41, 5.74) is 0. The molecule has 0 bridgehead atoms. The number of aldehydes is 1. The van der Waals surface area contributed by atoms with Gasteiger partial charge in [0.1, 0.15) is 17.3 Å². The smallest absolute Gasteiger partial charge is 0.149 e. The summed E-state index contributed by atoms with van der Waals surface area (Å²) in [7, 11) is 0. The Balaban J connectivity index is 0. The van der Waals surface area contributed by atoms with E-state index in [0.717, 1.165) is 0 Å². The quantitative estimate of drug-likeness (QED) is 0.330. The fourth-order valence-corrected chi connectivity index (χ4v) is 0.760. The van der Waals surface area contributed by atoms with Crippen molar-refractivity contribution < 1.29 is 9.59 Å². The van der Waals surface area contributed by atoms with Crippen LogP contribution in [0.15, 0.2) is 0 Å². The molecule has 4 heteroatoms. The molecule has 0 amide bonds. The maximum atomic E-state index is 10.4. The monoisotopic (exact) mass is 155 g/mol. The third kappa shape index (κ3) is 5.15. The standard InChI is InChI=1S/C5H8O2S.Na/c1-4(7)5(3-6)8-2;/h3,5H,1-2H3;. The summed E-state index contributed by atoms with van der Waals surface area (Å²) in [6.45, 7) is 1.41. The molecule has 1 radical (unpaired) electrons. The molecular weight excluding hydrogens is 147 g/mol. The zero-order valence-electron chi connectivity index (χ0n) is 5.88. The van der Waals surface area contributed by atoms with Crippen molar-refractivity contribution in [2.75, 3.05) is 6.26 Å². The first-order valence-electron chi connectivity index (χ1n) is 2.21. The van der Waals surface area contributed by atoms with Gasteiger partial charge in [0.15, 0.2) is 0 Å². The number of hydrogen-bond donors (Lipinski definition) is 0. The number of thioether (sulfide) groups is 1. The molecule has 1 atom stereocenters. The average molecular weight is 155 g/mol. The molecule has 0 fully saturated rings. The second kappa shape index (κ2) is 6.81. The molecule has 0 aliphatic carbocycles. The number of ketones is 1. The van der Waals surface area contributed by atoms with E-state index in [4.69, 9.17) is 0 Å². The van der Waals surface area contributed by atoms with Crippen LogP contribution >= 0.6 is 11.8 Å². The summed E-state index contributed by atoms with van der Waals surface area (Å²) >= 11 is 1.26. The summed E-state index contributed by atoms with van der Waals surface area (Å²) in [6.07, 6.45) is 2.40. The maximum Gasteiger partial charge on any atom is 0.149 e. The van der Waals surface area contributed by atoms with Gasteiger partial charge in [-0.15, -0.1) is 11.8 Å². The molecule has 1 unspecified atom stereocenters. The van der Waals surface area contributed by atoms with Crippen LogP contribution in [0.2, 0.25) is 0 Å². The van der Waals surface area contributed by atoms with Crippen LogP contribution in [-0.4, -0.2) is 53.1 Å². The molecule has 0 aliphatic heterocycles. The number of hydrogen-bond acceptors (Lipinski definition) is 3. The van der Waals surface area contributed by atoms with E-state index in [-0.39, 0.29) is 35.3 Å². The molecule has 47 valence electrons. The van der Waals surface area contributed by atoms with E-state index in [0.29, 0.717) is 6.29 Å². The van der Waals surface area contributed by atoms with Gasteiger partial charge in [-0.1, -0.05) is 0 Å². The number of carbonyl (C=O) groups is 2. The van der Waals surface area contributed by atoms with Gasteiger partial charge in [0.25, 0.3) is 0 Å². The Bertz CT molecular complexity index is 105. The molecule has 0 saturated heterocycles. The van der Waals surface area contributed by atoms with Gasteiger partial charge < -0.3 is 4.79 Å². The molecule has 0 aliphatic rings. The largest absolute Gasteiger partial charge is 0.302 e. The second-order valence-corrected chi connectivity index (χ2v) is 2.38.